The van der Waals surface area contributed by atoms with Crippen LogP contribution in [0.15, 0.2) is 24.4 Å². The van der Waals surface area contributed by atoms with Crippen molar-refractivity contribution in [3.05, 3.63) is 41.6 Å². The summed E-state index contributed by atoms with van der Waals surface area (Å²) in [7, 11) is 0. The molecule has 6 nitrogen and oxygen atoms in total. The van der Waals surface area contributed by atoms with E-state index in [-0.39, 0.29) is 11.9 Å². The molecule has 1 aliphatic heterocycles. The lowest BCUT2D eigenvalue weighted by Crippen LogP contribution is -2.44. The molecule has 0 bridgehead atoms. The summed E-state index contributed by atoms with van der Waals surface area (Å²) in [5.41, 5.74) is -0.632. The van der Waals surface area contributed by atoms with Crippen molar-refractivity contribution in [2.24, 2.45) is 0 Å². The quantitative estimate of drug-likeness (QED) is 0.877. The molecule has 8 heteroatoms. The first kappa shape index (κ1) is 12.7. The number of anilines is 1. The predicted octanol–water partition coefficient (Wildman–Crippen LogP) is 0.953. The number of amides is 1. The summed E-state index contributed by atoms with van der Waals surface area (Å²) in [6, 6.07) is 3.39. The highest BCUT2D eigenvalue weighted by atomic mass is 19.1. The summed E-state index contributed by atoms with van der Waals surface area (Å²) < 4.78 is 26.9. The van der Waals surface area contributed by atoms with Crippen LogP contribution in [0.5, 0.6) is 0 Å². The molecule has 1 saturated heterocycles. The predicted molar refractivity (Wildman–Crippen MR) is 66.2 cm³/mol. The van der Waals surface area contributed by atoms with Crippen LogP contribution in [0.2, 0.25) is 0 Å². The summed E-state index contributed by atoms with van der Waals surface area (Å²) in [5, 5.41) is 13.4. The van der Waals surface area contributed by atoms with Gasteiger partial charge in [-0.1, -0.05) is 6.07 Å². The molecule has 1 fully saturated rings. The third-order valence-electron chi connectivity index (χ3n) is 3.03. The van der Waals surface area contributed by atoms with Crippen LogP contribution < -0.4 is 10.6 Å². The van der Waals surface area contributed by atoms with Gasteiger partial charge in [0.15, 0.2) is 5.82 Å². The van der Waals surface area contributed by atoms with Gasteiger partial charge in [0, 0.05) is 13.1 Å². The maximum atomic E-state index is 13.5. The van der Waals surface area contributed by atoms with Gasteiger partial charge in [-0.05, 0) is 12.1 Å². The zero-order chi connectivity index (χ0) is 14.1. The number of nitrogens with one attached hydrogen (secondary N) is 2. The summed E-state index contributed by atoms with van der Waals surface area (Å²) in [6.07, 6.45) is 1.34. The number of aromatic nitrogens is 3. The lowest BCUT2D eigenvalue weighted by molar-refractivity contribution is 0.101. The number of hydrogen-bond acceptors (Lipinski definition) is 4. The molecular formula is C12H11F2N5O. The molecule has 0 unspecified atom stereocenters. The van der Waals surface area contributed by atoms with E-state index in [0.29, 0.717) is 0 Å². The molecular weight excluding hydrogens is 268 g/mol. The van der Waals surface area contributed by atoms with Crippen molar-refractivity contribution in [1.29, 1.82) is 0 Å². The van der Waals surface area contributed by atoms with Gasteiger partial charge < -0.3 is 10.6 Å². The average molecular weight is 279 g/mol. The molecule has 0 radical (unpaired) electrons. The van der Waals surface area contributed by atoms with Crippen LogP contribution in [-0.2, 0) is 0 Å². The van der Waals surface area contributed by atoms with E-state index in [2.05, 4.69) is 20.8 Å². The molecule has 3 rings (SSSR count). The topological polar surface area (TPSA) is 71.8 Å². The average Bonchev–Trinajstić information content (AvgIpc) is 2.74. The van der Waals surface area contributed by atoms with Gasteiger partial charge in [0.2, 0.25) is 0 Å². The van der Waals surface area contributed by atoms with Crippen molar-refractivity contribution < 1.29 is 13.6 Å². The minimum absolute atomic E-state index is 0.144. The van der Waals surface area contributed by atoms with Crippen LogP contribution in [0.25, 0.3) is 0 Å². The Morgan fingerprint density at radius 2 is 2.05 bits per heavy atom. The lowest BCUT2D eigenvalue weighted by Gasteiger charge is -2.25. The highest BCUT2D eigenvalue weighted by Crippen LogP contribution is 2.15. The van der Waals surface area contributed by atoms with E-state index in [1.165, 1.54) is 17.1 Å². The largest absolute Gasteiger partial charge is 0.312 e. The third kappa shape index (κ3) is 2.25. The fourth-order valence-corrected chi connectivity index (χ4v) is 1.84. The summed E-state index contributed by atoms with van der Waals surface area (Å²) in [4.78, 5) is 13.3. The van der Waals surface area contributed by atoms with Crippen molar-refractivity contribution in [3.63, 3.8) is 0 Å². The minimum atomic E-state index is -0.918. The van der Waals surface area contributed by atoms with E-state index < -0.39 is 23.1 Å². The van der Waals surface area contributed by atoms with Crippen LogP contribution in [0.1, 0.15) is 16.4 Å². The Morgan fingerprint density at radius 3 is 2.65 bits per heavy atom. The van der Waals surface area contributed by atoms with Crippen LogP contribution in [-0.4, -0.2) is 34.0 Å². The number of carbonyl (C=O) groups excluding carboxylic acids is 1. The SMILES string of the molecule is O=C(Nc1cnn(C2CNC2)n1)c1c(F)cccc1F. The van der Waals surface area contributed by atoms with Crippen LogP contribution in [0, 0.1) is 11.6 Å². The van der Waals surface area contributed by atoms with Gasteiger partial charge in [-0.25, -0.2) is 8.78 Å². The first-order valence-electron chi connectivity index (χ1n) is 6.03. The number of carbonyl (C=O) groups is 1. The maximum Gasteiger partial charge on any atom is 0.262 e. The van der Waals surface area contributed by atoms with E-state index >= 15 is 0 Å². The molecule has 1 amide bonds. The van der Waals surface area contributed by atoms with Crippen molar-refractivity contribution in [2.75, 3.05) is 18.4 Å². The van der Waals surface area contributed by atoms with Crippen LogP contribution in [0.3, 0.4) is 0 Å². The number of hydrogen-bond donors (Lipinski definition) is 2. The molecule has 104 valence electrons. The second kappa shape index (κ2) is 4.97. The molecule has 1 aromatic heterocycles. The first-order valence-corrected chi connectivity index (χ1v) is 6.03. The van der Waals surface area contributed by atoms with E-state index in [0.717, 1.165) is 25.2 Å². The number of halogens is 2. The summed E-state index contributed by atoms with van der Waals surface area (Å²) >= 11 is 0. The van der Waals surface area contributed by atoms with Gasteiger partial charge in [0.1, 0.15) is 17.2 Å². The fourth-order valence-electron chi connectivity index (χ4n) is 1.84. The van der Waals surface area contributed by atoms with Crippen molar-refractivity contribution in [2.45, 2.75) is 6.04 Å². The molecule has 20 heavy (non-hydrogen) atoms. The zero-order valence-electron chi connectivity index (χ0n) is 10.3. The minimum Gasteiger partial charge on any atom is -0.312 e. The Balaban J connectivity index is 1.77. The normalized spacial score (nSPS) is 14.9. The third-order valence-corrected chi connectivity index (χ3v) is 3.03. The van der Waals surface area contributed by atoms with Gasteiger partial charge in [-0.3, -0.25) is 4.79 Å². The Kier molecular flexibility index (Phi) is 3.15. The molecule has 1 aromatic carbocycles. The maximum absolute atomic E-state index is 13.5. The van der Waals surface area contributed by atoms with E-state index in [4.69, 9.17) is 0 Å². The molecule has 0 atom stereocenters. The molecule has 0 saturated carbocycles. The molecule has 2 heterocycles. The number of nitrogens with zero attached hydrogens (tertiary/aromatic N) is 3. The van der Waals surface area contributed by atoms with Gasteiger partial charge in [0.25, 0.3) is 5.91 Å². The second-order valence-corrected chi connectivity index (χ2v) is 4.41. The van der Waals surface area contributed by atoms with Crippen LogP contribution in [0.4, 0.5) is 14.6 Å². The Labute approximate surface area is 112 Å². The van der Waals surface area contributed by atoms with Gasteiger partial charge in [-0.2, -0.15) is 9.90 Å². The number of rotatable bonds is 3. The Bertz CT molecular complexity index is 633. The summed E-state index contributed by atoms with van der Waals surface area (Å²) in [5.74, 6) is -2.57. The Morgan fingerprint density at radius 1 is 1.35 bits per heavy atom. The molecule has 2 N–H and O–H groups in total. The summed E-state index contributed by atoms with van der Waals surface area (Å²) in [6.45, 7) is 1.51. The van der Waals surface area contributed by atoms with E-state index in [1.54, 1.807) is 0 Å². The standard InChI is InChI=1S/C12H11F2N5O/c13-8-2-1-3-9(14)11(8)12(20)17-10-6-16-19(18-10)7-4-15-5-7/h1-3,6-7,15H,4-5H2,(H,17,18,20). The molecule has 2 aromatic rings. The van der Waals surface area contributed by atoms with Crippen molar-refractivity contribution in [1.82, 2.24) is 20.3 Å². The molecule has 0 aliphatic carbocycles. The molecule has 1 aliphatic rings. The molecule has 0 spiro atoms. The van der Waals surface area contributed by atoms with Crippen molar-refractivity contribution >= 4 is 11.7 Å². The van der Waals surface area contributed by atoms with Crippen LogP contribution >= 0.6 is 0 Å². The fraction of sp³-hybridized carbons (Fsp3) is 0.250. The smallest absolute Gasteiger partial charge is 0.262 e. The zero-order valence-corrected chi connectivity index (χ0v) is 10.3. The highest BCUT2D eigenvalue weighted by molar-refractivity contribution is 6.04. The second-order valence-electron chi connectivity index (χ2n) is 4.41. The highest BCUT2D eigenvalue weighted by Gasteiger charge is 2.22. The monoisotopic (exact) mass is 279 g/mol. The Hall–Kier alpha value is -2.35. The lowest BCUT2D eigenvalue weighted by atomic mass is 10.2. The van der Waals surface area contributed by atoms with Gasteiger partial charge >= 0.3 is 0 Å². The number of benzene rings is 1. The van der Waals surface area contributed by atoms with E-state index in [9.17, 15) is 13.6 Å². The van der Waals surface area contributed by atoms with Gasteiger partial charge in [0.05, 0.1) is 12.2 Å². The van der Waals surface area contributed by atoms with Gasteiger partial charge in [-0.15, -0.1) is 5.10 Å². The van der Waals surface area contributed by atoms with E-state index in [1.807, 2.05) is 0 Å². The van der Waals surface area contributed by atoms with Crippen molar-refractivity contribution in [3.8, 4) is 0 Å². The first-order chi connectivity index (χ1) is 9.65.